The highest BCUT2D eigenvalue weighted by molar-refractivity contribution is 7.09. The third kappa shape index (κ3) is 3.25. The van der Waals surface area contributed by atoms with Crippen molar-refractivity contribution in [2.45, 2.75) is 19.9 Å². The van der Waals surface area contributed by atoms with E-state index >= 15 is 0 Å². The summed E-state index contributed by atoms with van der Waals surface area (Å²) in [6.45, 7) is 2.71. The van der Waals surface area contributed by atoms with Crippen molar-refractivity contribution < 1.29 is 4.79 Å². The SMILES string of the molecule is Cc1ncsc1CCNC(=O)Cn1nc2ccccc2n1. The van der Waals surface area contributed by atoms with Crippen molar-refractivity contribution in [3.05, 3.63) is 40.3 Å². The maximum atomic E-state index is 11.9. The Balaban J connectivity index is 1.53. The van der Waals surface area contributed by atoms with Gasteiger partial charge in [0.15, 0.2) is 0 Å². The van der Waals surface area contributed by atoms with Gasteiger partial charge in [0.1, 0.15) is 17.6 Å². The smallest absolute Gasteiger partial charge is 0.243 e. The largest absolute Gasteiger partial charge is 0.354 e. The molecule has 0 radical (unpaired) electrons. The van der Waals surface area contributed by atoms with E-state index in [1.165, 1.54) is 9.67 Å². The van der Waals surface area contributed by atoms with Gasteiger partial charge in [-0.25, -0.2) is 4.98 Å². The number of amides is 1. The minimum absolute atomic E-state index is 0.0857. The molecule has 0 saturated carbocycles. The number of rotatable bonds is 5. The van der Waals surface area contributed by atoms with Crippen molar-refractivity contribution in [2.24, 2.45) is 0 Å². The van der Waals surface area contributed by atoms with Gasteiger partial charge in [-0.1, -0.05) is 12.1 Å². The first-order valence-corrected chi connectivity index (χ1v) is 7.56. The van der Waals surface area contributed by atoms with E-state index in [1.54, 1.807) is 11.3 Å². The molecule has 0 atom stereocenters. The van der Waals surface area contributed by atoms with Gasteiger partial charge in [-0.2, -0.15) is 15.0 Å². The molecule has 0 spiro atoms. The number of hydrogen-bond donors (Lipinski definition) is 1. The van der Waals surface area contributed by atoms with Crippen LogP contribution in [0.1, 0.15) is 10.6 Å². The van der Waals surface area contributed by atoms with E-state index in [-0.39, 0.29) is 12.5 Å². The zero-order chi connectivity index (χ0) is 14.7. The Bertz CT molecular complexity index is 730. The summed E-state index contributed by atoms with van der Waals surface area (Å²) in [5.74, 6) is -0.0857. The minimum Gasteiger partial charge on any atom is -0.354 e. The highest BCUT2D eigenvalue weighted by Crippen LogP contribution is 2.11. The predicted molar refractivity (Wildman–Crippen MR) is 81.1 cm³/mol. The summed E-state index contributed by atoms with van der Waals surface area (Å²) in [7, 11) is 0. The predicted octanol–water partition coefficient (Wildman–Crippen LogP) is 1.56. The Morgan fingerprint density at radius 2 is 2.00 bits per heavy atom. The van der Waals surface area contributed by atoms with E-state index < -0.39 is 0 Å². The van der Waals surface area contributed by atoms with Crippen LogP contribution in [-0.2, 0) is 17.8 Å². The van der Waals surface area contributed by atoms with Crippen LogP contribution in [0.15, 0.2) is 29.8 Å². The molecule has 0 aliphatic heterocycles. The van der Waals surface area contributed by atoms with Crippen LogP contribution in [0.5, 0.6) is 0 Å². The van der Waals surface area contributed by atoms with Crippen molar-refractivity contribution in [1.29, 1.82) is 0 Å². The lowest BCUT2D eigenvalue weighted by Crippen LogP contribution is -2.30. The molecule has 2 heterocycles. The van der Waals surface area contributed by atoms with Crippen molar-refractivity contribution in [2.75, 3.05) is 6.54 Å². The maximum Gasteiger partial charge on any atom is 0.243 e. The molecule has 7 heteroatoms. The van der Waals surface area contributed by atoms with E-state index in [2.05, 4.69) is 20.5 Å². The van der Waals surface area contributed by atoms with Crippen molar-refractivity contribution in [3.8, 4) is 0 Å². The van der Waals surface area contributed by atoms with Gasteiger partial charge in [-0.3, -0.25) is 4.79 Å². The molecular formula is C14H15N5OS. The number of nitrogens with one attached hydrogen (secondary N) is 1. The second-order valence-corrected chi connectivity index (χ2v) is 5.62. The summed E-state index contributed by atoms with van der Waals surface area (Å²) >= 11 is 1.62. The van der Waals surface area contributed by atoms with Crippen LogP contribution >= 0.6 is 11.3 Å². The number of hydrogen-bond acceptors (Lipinski definition) is 5. The standard InChI is InChI=1S/C14H15N5OS/c1-10-13(21-9-16-10)6-7-15-14(20)8-19-17-11-4-2-3-5-12(11)18-19/h2-5,9H,6-8H2,1H3,(H,15,20). The Morgan fingerprint density at radius 1 is 1.29 bits per heavy atom. The zero-order valence-electron chi connectivity index (χ0n) is 11.6. The molecule has 0 saturated heterocycles. The molecule has 0 fully saturated rings. The molecule has 1 N–H and O–H groups in total. The lowest BCUT2D eigenvalue weighted by molar-refractivity contribution is -0.122. The van der Waals surface area contributed by atoms with E-state index in [4.69, 9.17) is 0 Å². The molecule has 1 aromatic carbocycles. The second-order valence-electron chi connectivity index (χ2n) is 4.68. The van der Waals surface area contributed by atoms with E-state index in [9.17, 15) is 4.79 Å². The first kappa shape index (κ1) is 13.7. The third-order valence-corrected chi connectivity index (χ3v) is 4.13. The van der Waals surface area contributed by atoms with Crippen LogP contribution in [0, 0.1) is 6.92 Å². The fourth-order valence-electron chi connectivity index (χ4n) is 2.04. The average Bonchev–Trinajstić information content (AvgIpc) is 3.04. The van der Waals surface area contributed by atoms with Gasteiger partial charge in [0.2, 0.25) is 5.91 Å². The van der Waals surface area contributed by atoms with E-state index in [0.29, 0.717) is 6.54 Å². The zero-order valence-corrected chi connectivity index (χ0v) is 12.4. The number of aryl methyl sites for hydroxylation is 1. The number of fused-ring (bicyclic) bond motifs is 1. The number of benzene rings is 1. The lowest BCUT2D eigenvalue weighted by Gasteiger charge is -2.03. The van der Waals surface area contributed by atoms with Gasteiger partial charge in [-0.15, -0.1) is 11.3 Å². The fourth-order valence-corrected chi connectivity index (χ4v) is 2.82. The van der Waals surface area contributed by atoms with Gasteiger partial charge >= 0.3 is 0 Å². The summed E-state index contributed by atoms with van der Waals surface area (Å²) in [5.41, 5.74) is 4.46. The topological polar surface area (TPSA) is 72.7 Å². The van der Waals surface area contributed by atoms with Gasteiger partial charge in [0, 0.05) is 17.8 Å². The van der Waals surface area contributed by atoms with Gasteiger partial charge in [-0.05, 0) is 19.1 Å². The quantitative estimate of drug-likeness (QED) is 0.776. The van der Waals surface area contributed by atoms with Crippen LogP contribution < -0.4 is 5.32 Å². The number of thiazole rings is 1. The molecular weight excluding hydrogens is 286 g/mol. The molecule has 3 rings (SSSR count). The van der Waals surface area contributed by atoms with Gasteiger partial charge < -0.3 is 5.32 Å². The first-order chi connectivity index (χ1) is 10.2. The van der Waals surface area contributed by atoms with E-state index in [0.717, 1.165) is 23.1 Å². The minimum atomic E-state index is -0.0857. The molecule has 3 aromatic rings. The molecule has 0 unspecified atom stereocenters. The molecule has 0 aliphatic carbocycles. The maximum absolute atomic E-state index is 11.9. The Kier molecular flexibility index (Phi) is 3.92. The lowest BCUT2D eigenvalue weighted by atomic mass is 10.3. The molecule has 1 amide bonds. The molecule has 108 valence electrons. The molecule has 21 heavy (non-hydrogen) atoms. The van der Waals surface area contributed by atoms with Crippen molar-refractivity contribution in [3.63, 3.8) is 0 Å². The van der Waals surface area contributed by atoms with Crippen LogP contribution in [0.3, 0.4) is 0 Å². The molecule has 0 bridgehead atoms. The van der Waals surface area contributed by atoms with Crippen molar-refractivity contribution in [1.82, 2.24) is 25.3 Å². The van der Waals surface area contributed by atoms with Crippen molar-refractivity contribution >= 4 is 28.3 Å². The summed E-state index contributed by atoms with van der Waals surface area (Å²) in [6.07, 6.45) is 0.802. The first-order valence-electron chi connectivity index (χ1n) is 6.68. The Labute approximate surface area is 125 Å². The number of carbonyl (C=O) groups excluding carboxylic acids is 1. The van der Waals surface area contributed by atoms with E-state index in [1.807, 2.05) is 36.7 Å². The van der Waals surface area contributed by atoms with Crippen LogP contribution in [0.2, 0.25) is 0 Å². The normalized spacial score (nSPS) is 10.9. The Morgan fingerprint density at radius 3 is 2.62 bits per heavy atom. The van der Waals surface area contributed by atoms with Crippen LogP contribution in [-0.4, -0.2) is 32.4 Å². The molecule has 0 aliphatic rings. The third-order valence-electron chi connectivity index (χ3n) is 3.13. The fraction of sp³-hybridized carbons (Fsp3) is 0.286. The highest BCUT2D eigenvalue weighted by atomic mass is 32.1. The molecule has 2 aromatic heterocycles. The number of carbonyl (C=O) groups is 1. The summed E-state index contributed by atoms with van der Waals surface area (Å²) in [5, 5.41) is 11.4. The summed E-state index contributed by atoms with van der Waals surface area (Å²) in [6, 6.07) is 7.56. The van der Waals surface area contributed by atoms with Crippen LogP contribution in [0.4, 0.5) is 0 Å². The highest BCUT2D eigenvalue weighted by Gasteiger charge is 2.07. The van der Waals surface area contributed by atoms with Crippen LogP contribution in [0.25, 0.3) is 11.0 Å². The monoisotopic (exact) mass is 301 g/mol. The summed E-state index contributed by atoms with van der Waals surface area (Å²) < 4.78 is 0. The average molecular weight is 301 g/mol. The molecule has 6 nitrogen and oxygen atoms in total. The second kappa shape index (κ2) is 6.01. The van der Waals surface area contributed by atoms with Gasteiger partial charge in [0.25, 0.3) is 0 Å². The van der Waals surface area contributed by atoms with Gasteiger partial charge in [0.05, 0.1) is 11.2 Å². The number of nitrogens with zero attached hydrogens (tertiary/aromatic N) is 4. The Hall–Kier alpha value is -2.28. The number of aromatic nitrogens is 4. The summed E-state index contributed by atoms with van der Waals surface area (Å²) in [4.78, 5) is 18.7.